The minimum atomic E-state index is 0. The summed E-state index contributed by atoms with van der Waals surface area (Å²) in [5.74, 6) is 0. The standard InChI is InChI=1S/7As.3Ga.3Ir/q7*-3;3*+3;3*+4. The zero-order chi connectivity index (χ0) is 0. The summed E-state index contributed by atoms with van der Waals surface area (Å²) in [4.78, 5) is 0. The summed E-state index contributed by atoms with van der Waals surface area (Å²) in [7, 11) is 0. The maximum absolute atomic E-state index is 0. The molecule has 0 spiro atoms. The van der Waals surface area contributed by atoms with Gasteiger partial charge in [0.25, 0.3) is 0 Å². The Balaban J connectivity index is 0. The van der Waals surface area contributed by atoms with E-state index in [-0.39, 0.29) is 245 Å². The van der Waals surface area contributed by atoms with Crippen LogP contribution in [0.1, 0.15) is 0 Å². The van der Waals surface area contributed by atoms with E-state index in [9.17, 15) is 0 Å². The van der Waals surface area contributed by atoms with Crippen molar-refractivity contribution in [3.05, 3.63) is 0 Å². The van der Waals surface area contributed by atoms with E-state index in [0.29, 0.717) is 0 Å². The van der Waals surface area contributed by atoms with Crippen molar-refractivity contribution in [2.45, 2.75) is 0 Å². The van der Waals surface area contributed by atoms with Crippen LogP contribution in [0.15, 0.2) is 0 Å². The predicted molar refractivity (Wildman–Crippen MR) is 57.5 cm³/mol. The fourth-order valence-electron chi connectivity index (χ4n) is 0. The Bertz CT molecular complexity index is 18.9. The van der Waals surface area contributed by atoms with Crippen LogP contribution in [-0.2, 0) is 60.3 Å². The Morgan fingerprint density at radius 3 is 0.231 bits per heavy atom. The van der Waals surface area contributed by atoms with Crippen molar-refractivity contribution in [2.75, 3.05) is 0 Å². The molecule has 13 heteroatoms. The number of rotatable bonds is 0. The molecule has 0 heterocycles. The summed E-state index contributed by atoms with van der Waals surface area (Å²) in [6.45, 7) is 0. The first-order chi connectivity index (χ1) is 0. The van der Waals surface area contributed by atoms with Crippen molar-refractivity contribution >= 4 is 185 Å². The minimum absolute atomic E-state index is 0. The van der Waals surface area contributed by atoms with E-state index >= 15 is 0 Å². The van der Waals surface area contributed by atoms with Gasteiger partial charge in [-0.25, -0.2) is 0 Å². The summed E-state index contributed by atoms with van der Waals surface area (Å²) in [5, 5.41) is 0. The summed E-state index contributed by atoms with van der Waals surface area (Å²) >= 11 is 0. The molecule has 0 aromatic rings. The Morgan fingerprint density at radius 2 is 0.231 bits per heavy atom. The van der Waals surface area contributed by atoms with Crippen LogP contribution in [0.3, 0.4) is 0 Å². The summed E-state index contributed by atoms with van der Waals surface area (Å²) < 4.78 is 0. The molecule has 0 bridgehead atoms. The molecule has 0 aliphatic carbocycles. The number of hydrogen-bond donors (Lipinski definition) is 0. The summed E-state index contributed by atoms with van der Waals surface area (Å²) in [6, 6.07) is 0. The maximum atomic E-state index is 0. The maximum Gasteiger partial charge on any atom is 4.00 e. The quantitative estimate of drug-likeness (QED) is 0.219. The molecule has 71 valence electrons. The first-order valence-electron chi connectivity index (χ1n) is 0. The second-order valence-corrected chi connectivity index (χ2v) is 0. The van der Waals surface area contributed by atoms with Gasteiger partial charge in [-0.2, -0.15) is 0 Å². The van der Waals surface area contributed by atoms with Crippen LogP contribution in [-0.4, -0.2) is 185 Å². The zero-order valence-corrected chi connectivity index (χ0v) is 33.5. The first-order valence-corrected chi connectivity index (χ1v) is 0. The molecule has 0 rings (SSSR count). The van der Waals surface area contributed by atoms with Crippen LogP contribution in [0.5, 0.6) is 0 Å². The van der Waals surface area contributed by atoms with Gasteiger partial charge in [0.1, 0.15) is 0 Å². The van der Waals surface area contributed by atoms with Crippen molar-refractivity contribution < 1.29 is 60.3 Å². The molecule has 0 amide bonds. The van der Waals surface area contributed by atoms with Crippen LogP contribution in [0.25, 0.3) is 0 Å². The molecule has 0 N–H and O–H groups in total. The van der Waals surface area contributed by atoms with Crippen molar-refractivity contribution in [1.82, 2.24) is 0 Å². The molecule has 0 saturated heterocycles. The topological polar surface area (TPSA) is 0 Å². The molecule has 0 saturated carbocycles. The smallest absolute Gasteiger partial charge is 3.00 e. The predicted octanol–water partition coefficient (Wildman–Crippen LogP) is -3.82. The van der Waals surface area contributed by atoms with Crippen LogP contribution in [0.2, 0.25) is 0 Å². The average Bonchev–Trinajstić information content (AvgIpc) is 0. The normalized spacial score (nSPS) is 0. The van der Waals surface area contributed by atoms with Gasteiger partial charge < -0.3 is 126 Å². The largest absolute Gasteiger partial charge is 4.00 e. The Hall–Kier alpha value is 7.77. The average molecular weight is 1310 g/mol. The van der Waals surface area contributed by atoms with Gasteiger partial charge in [-0.3, -0.25) is 0 Å². The third-order valence-corrected chi connectivity index (χ3v) is 0. The van der Waals surface area contributed by atoms with Gasteiger partial charge in [0.2, 0.25) is 0 Å². The SMILES string of the molecule is [As-3].[As-3].[As-3].[As-3].[As-3].[As-3].[As-3].[Ga+3].[Ga+3].[Ga+3].[Ir+4].[Ir+4].[Ir+4]. The molecule has 0 aromatic carbocycles. The molecular weight excluding hydrogens is 1310 g/mol. The zero-order valence-electron chi connectivity index (χ0n) is 5.86. The van der Waals surface area contributed by atoms with E-state index in [1.165, 1.54) is 0 Å². The Kier molecular flexibility index (Phi) is 1190. The monoisotopic (exact) mass is 1310 g/mol. The van der Waals surface area contributed by atoms with E-state index in [1.807, 2.05) is 0 Å². The van der Waals surface area contributed by atoms with Gasteiger partial charge in [-0.05, 0) is 0 Å². The fourth-order valence-corrected chi connectivity index (χ4v) is 0. The molecule has 0 aliphatic rings. The van der Waals surface area contributed by atoms with Crippen molar-refractivity contribution in [3.63, 3.8) is 0 Å². The van der Waals surface area contributed by atoms with Gasteiger partial charge >= 0.3 is 120 Å². The van der Waals surface area contributed by atoms with Crippen LogP contribution in [0.4, 0.5) is 0 Å². The molecule has 13 heavy (non-hydrogen) atoms. The molecule has 0 aliphatic heterocycles. The second-order valence-electron chi connectivity index (χ2n) is 0. The van der Waals surface area contributed by atoms with Crippen LogP contribution >= 0.6 is 0 Å². The summed E-state index contributed by atoms with van der Waals surface area (Å²) in [6.07, 6.45) is 0. The first kappa shape index (κ1) is 135. The minimum Gasteiger partial charge on any atom is -3.00 e. The van der Waals surface area contributed by atoms with Gasteiger partial charge in [-0.1, -0.05) is 0 Å². The molecular formula is As7Ga3Ir3. The van der Waals surface area contributed by atoms with E-state index in [1.54, 1.807) is 0 Å². The van der Waals surface area contributed by atoms with Gasteiger partial charge in [-0.15, -0.1) is 0 Å². The third-order valence-electron chi connectivity index (χ3n) is 0. The molecule has 0 aromatic heterocycles. The van der Waals surface area contributed by atoms with E-state index in [0.717, 1.165) is 0 Å². The molecule has 3 radical (unpaired) electrons. The van der Waals surface area contributed by atoms with Crippen molar-refractivity contribution in [1.29, 1.82) is 0 Å². The van der Waals surface area contributed by atoms with Crippen LogP contribution < -0.4 is 0 Å². The van der Waals surface area contributed by atoms with Crippen molar-refractivity contribution in [3.8, 4) is 0 Å². The van der Waals surface area contributed by atoms with Gasteiger partial charge in [0.15, 0.2) is 0 Å². The van der Waals surface area contributed by atoms with E-state index in [2.05, 4.69) is 0 Å². The molecule has 0 fully saturated rings. The molecule has 0 nitrogen and oxygen atoms in total. The molecule has 0 unspecified atom stereocenters. The Morgan fingerprint density at radius 1 is 0.231 bits per heavy atom. The van der Waals surface area contributed by atoms with Crippen LogP contribution in [0, 0.1) is 0 Å². The van der Waals surface area contributed by atoms with Crippen molar-refractivity contribution in [2.24, 2.45) is 0 Å². The number of hydrogen-bond acceptors (Lipinski definition) is 0. The van der Waals surface area contributed by atoms with Gasteiger partial charge in [0.05, 0.1) is 0 Å². The third kappa shape index (κ3) is 103. The van der Waals surface area contributed by atoms with Gasteiger partial charge in [0, 0.05) is 0 Å². The van der Waals surface area contributed by atoms with E-state index in [4.69, 9.17) is 0 Å². The Labute approximate surface area is 239 Å². The van der Waals surface area contributed by atoms with E-state index < -0.39 is 0 Å². The molecule has 0 atom stereocenters. The second kappa shape index (κ2) is 115. The summed E-state index contributed by atoms with van der Waals surface area (Å²) in [5.41, 5.74) is 0. The fraction of sp³-hybridized carbons (Fsp3) is 0.